The number of hydrogen-bond acceptors (Lipinski definition) is 6. The molecule has 0 aliphatic heterocycles. The van der Waals surface area contributed by atoms with Crippen LogP contribution in [0.2, 0.25) is 0 Å². The zero-order valence-electron chi connectivity index (χ0n) is 16.2. The first-order chi connectivity index (χ1) is 13.4. The highest BCUT2D eigenvalue weighted by Gasteiger charge is 2.19. The summed E-state index contributed by atoms with van der Waals surface area (Å²) in [7, 11) is 1.54. The zero-order valence-corrected chi connectivity index (χ0v) is 16.2. The second-order valence-corrected chi connectivity index (χ2v) is 6.74. The Balaban J connectivity index is 1.87. The molecule has 2 heterocycles. The Morgan fingerprint density at radius 3 is 2.68 bits per heavy atom. The molecule has 0 aliphatic carbocycles. The Bertz CT molecular complexity index is 1060. The van der Waals surface area contributed by atoms with Gasteiger partial charge in [0, 0.05) is 13.6 Å². The van der Waals surface area contributed by atoms with E-state index in [2.05, 4.69) is 15.3 Å². The highest BCUT2D eigenvalue weighted by Crippen LogP contribution is 2.17. The third-order valence-electron chi connectivity index (χ3n) is 4.40. The van der Waals surface area contributed by atoms with Crippen molar-refractivity contribution in [3.8, 4) is 5.75 Å². The van der Waals surface area contributed by atoms with E-state index < -0.39 is 17.4 Å². The first-order valence-electron chi connectivity index (χ1n) is 9.21. The SMILES string of the molecule is CCCNc1nc2c(c(=O)[nH]c(=O)n2C)n1CC(O)COc1ccc(C)cc1. The van der Waals surface area contributed by atoms with E-state index in [0.717, 1.165) is 12.0 Å². The van der Waals surface area contributed by atoms with Crippen LogP contribution >= 0.6 is 0 Å². The molecule has 3 aromatic rings. The number of anilines is 1. The third kappa shape index (κ3) is 4.09. The molecule has 0 saturated carbocycles. The molecule has 2 aromatic heterocycles. The number of fused-ring (bicyclic) bond motifs is 1. The van der Waals surface area contributed by atoms with Gasteiger partial charge in [-0.15, -0.1) is 0 Å². The van der Waals surface area contributed by atoms with E-state index in [0.29, 0.717) is 18.2 Å². The molecule has 0 amide bonds. The summed E-state index contributed by atoms with van der Waals surface area (Å²) in [6.45, 7) is 4.78. The molecule has 0 radical (unpaired) electrons. The number of aliphatic hydroxyl groups is 1. The topological polar surface area (TPSA) is 114 Å². The van der Waals surface area contributed by atoms with E-state index in [9.17, 15) is 14.7 Å². The van der Waals surface area contributed by atoms with Gasteiger partial charge < -0.3 is 19.7 Å². The molecule has 150 valence electrons. The first-order valence-corrected chi connectivity index (χ1v) is 9.21. The number of aryl methyl sites for hydroxylation is 2. The average Bonchev–Trinajstić information content (AvgIpc) is 3.03. The van der Waals surface area contributed by atoms with Crippen LogP contribution in [-0.4, -0.2) is 43.5 Å². The molecule has 3 rings (SSSR count). The largest absolute Gasteiger partial charge is 0.491 e. The fraction of sp³-hybridized carbons (Fsp3) is 0.421. The maximum Gasteiger partial charge on any atom is 0.329 e. The van der Waals surface area contributed by atoms with Crippen molar-refractivity contribution in [3.63, 3.8) is 0 Å². The second kappa shape index (κ2) is 8.30. The van der Waals surface area contributed by atoms with Crippen molar-refractivity contribution >= 4 is 17.1 Å². The van der Waals surface area contributed by atoms with Crippen LogP contribution in [0.5, 0.6) is 5.75 Å². The minimum Gasteiger partial charge on any atom is -0.491 e. The summed E-state index contributed by atoms with van der Waals surface area (Å²) in [5.41, 5.74) is 0.539. The van der Waals surface area contributed by atoms with E-state index >= 15 is 0 Å². The summed E-state index contributed by atoms with van der Waals surface area (Å²) >= 11 is 0. The van der Waals surface area contributed by atoms with Crippen LogP contribution in [-0.2, 0) is 13.6 Å². The Hall–Kier alpha value is -3.07. The molecular formula is C19H25N5O4. The van der Waals surface area contributed by atoms with Crippen molar-refractivity contribution in [1.82, 2.24) is 19.1 Å². The van der Waals surface area contributed by atoms with Crippen molar-refractivity contribution in [3.05, 3.63) is 50.7 Å². The zero-order chi connectivity index (χ0) is 20.3. The van der Waals surface area contributed by atoms with Crippen LogP contribution in [0.25, 0.3) is 11.2 Å². The Morgan fingerprint density at radius 1 is 1.29 bits per heavy atom. The molecule has 0 bridgehead atoms. The number of H-pyrrole nitrogens is 1. The van der Waals surface area contributed by atoms with Gasteiger partial charge in [-0.25, -0.2) is 4.79 Å². The van der Waals surface area contributed by atoms with Crippen molar-refractivity contribution in [2.45, 2.75) is 32.9 Å². The fourth-order valence-corrected chi connectivity index (χ4v) is 2.87. The third-order valence-corrected chi connectivity index (χ3v) is 4.40. The number of imidazole rings is 1. The lowest BCUT2D eigenvalue weighted by atomic mass is 10.2. The van der Waals surface area contributed by atoms with Gasteiger partial charge in [0.25, 0.3) is 5.56 Å². The molecule has 3 N–H and O–H groups in total. The smallest absolute Gasteiger partial charge is 0.329 e. The number of rotatable bonds is 8. The van der Waals surface area contributed by atoms with Gasteiger partial charge in [0.2, 0.25) is 5.95 Å². The number of aromatic nitrogens is 4. The van der Waals surface area contributed by atoms with Gasteiger partial charge in [-0.05, 0) is 25.5 Å². The van der Waals surface area contributed by atoms with E-state index in [-0.39, 0.29) is 24.3 Å². The van der Waals surface area contributed by atoms with Crippen molar-refractivity contribution < 1.29 is 9.84 Å². The quantitative estimate of drug-likeness (QED) is 0.531. The van der Waals surface area contributed by atoms with Gasteiger partial charge in [-0.2, -0.15) is 4.98 Å². The summed E-state index contributed by atoms with van der Waals surface area (Å²) in [5.74, 6) is 1.09. The van der Waals surface area contributed by atoms with Crippen molar-refractivity contribution in [2.75, 3.05) is 18.5 Å². The normalized spacial score (nSPS) is 12.3. The predicted molar refractivity (Wildman–Crippen MR) is 107 cm³/mol. The van der Waals surface area contributed by atoms with Crippen LogP contribution in [0.4, 0.5) is 5.95 Å². The number of hydrogen-bond donors (Lipinski definition) is 3. The van der Waals surface area contributed by atoms with Gasteiger partial charge in [-0.3, -0.25) is 14.3 Å². The number of nitrogens with zero attached hydrogens (tertiary/aromatic N) is 3. The maximum atomic E-state index is 12.4. The standard InChI is InChI=1S/C19H25N5O4/c1-4-9-20-18-21-16-15(17(26)22-19(27)23(16)3)24(18)10-13(25)11-28-14-7-5-12(2)6-8-14/h5-8,13,25H,4,9-11H2,1-3H3,(H,20,21)(H,22,26,27). The van der Waals surface area contributed by atoms with Crippen LogP contribution in [0.3, 0.4) is 0 Å². The highest BCUT2D eigenvalue weighted by molar-refractivity contribution is 5.74. The van der Waals surface area contributed by atoms with E-state index in [4.69, 9.17) is 4.74 Å². The Labute approximate surface area is 161 Å². The number of benzene rings is 1. The highest BCUT2D eigenvalue weighted by atomic mass is 16.5. The van der Waals surface area contributed by atoms with Crippen LogP contribution < -0.4 is 21.3 Å². The summed E-state index contributed by atoms with van der Waals surface area (Å²) in [4.78, 5) is 30.9. The van der Waals surface area contributed by atoms with E-state index in [1.807, 2.05) is 38.1 Å². The molecule has 0 spiro atoms. The van der Waals surface area contributed by atoms with Crippen LogP contribution in [0, 0.1) is 6.92 Å². The Kier molecular flexibility index (Phi) is 5.84. The lowest BCUT2D eigenvalue weighted by molar-refractivity contribution is 0.0938. The van der Waals surface area contributed by atoms with Gasteiger partial charge in [0.15, 0.2) is 11.2 Å². The lowest BCUT2D eigenvalue weighted by Crippen LogP contribution is -2.31. The fourth-order valence-electron chi connectivity index (χ4n) is 2.87. The lowest BCUT2D eigenvalue weighted by Gasteiger charge is -2.16. The molecule has 1 atom stereocenters. The van der Waals surface area contributed by atoms with Gasteiger partial charge >= 0.3 is 5.69 Å². The average molecular weight is 387 g/mol. The number of aliphatic hydroxyl groups excluding tert-OH is 1. The van der Waals surface area contributed by atoms with Crippen LogP contribution in [0.15, 0.2) is 33.9 Å². The maximum absolute atomic E-state index is 12.4. The monoisotopic (exact) mass is 387 g/mol. The molecule has 0 aliphatic rings. The van der Waals surface area contributed by atoms with Gasteiger partial charge in [-0.1, -0.05) is 24.6 Å². The van der Waals surface area contributed by atoms with E-state index in [1.165, 1.54) is 4.57 Å². The molecule has 28 heavy (non-hydrogen) atoms. The minimum absolute atomic E-state index is 0.0552. The summed E-state index contributed by atoms with van der Waals surface area (Å²) in [6.07, 6.45) is -0.0186. The van der Waals surface area contributed by atoms with E-state index in [1.54, 1.807) is 11.6 Å². The molecule has 9 heteroatoms. The summed E-state index contributed by atoms with van der Waals surface area (Å²) in [5, 5.41) is 13.6. The molecule has 1 unspecified atom stereocenters. The Morgan fingerprint density at radius 2 is 2.00 bits per heavy atom. The molecule has 0 fully saturated rings. The van der Waals surface area contributed by atoms with Crippen LogP contribution in [0.1, 0.15) is 18.9 Å². The molecule has 1 aromatic carbocycles. The van der Waals surface area contributed by atoms with Gasteiger partial charge in [0.1, 0.15) is 18.5 Å². The predicted octanol–water partition coefficient (Wildman–Crippen LogP) is 0.994. The molecule has 9 nitrogen and oxygen atoms in total. The van der Waals surface area contributed by atoms with Gasteiger partial charge in [0.05, 0.1) is 6.54 Å². The summed E-state index contributed by atoms with van der Waals surface area (Å²) < 4.78 is 8.50. The number of nitrogens with one attached hydrogen (secondary N) is 2. The molecule has 0 saturated heterocycles. The van der Waals surface area contributed by atoms with Crippen molar-refractivity contribution in [1.29, 1.82) is 0 Å². The second-order valence-electron chi connectivity index (χ2n) is 6.74. The number of aromatic amines is 1. The first kappa shape index (κ1) is 19.7. The molecular weight excluding hydrogens is 362 g/mol. The minimum atomic E-state index is -0.877. The number of ether oxygens (including phenoxy) is 1. The van der Waals surface area contributed by atoms with Crippen molar-refractivity contribution in [2.24, 2.45) is 7.05 Å². The summed E-state index contributed by atoms with van der Waals surface area (Å²) in [6, 6.07) is 7.53.